The van der Waals surface area contributed by atoms with Gasteiger partial charge in [-0.05, 0) is 6.07 Å². The van der Waals surface area contributed by atoms with Crippen LogP contribution in [0.25, 0.3) is 0 Å². The molecule has 0 aliphatic heterocycles. The lowest BCUT2D eigenvalue weighted by Crippen LogP contribution is -2.06. The molecule has 0 heterocycles. The van der Waals surface area contributed by atoms with Crippen molar-refractivity contribution in [2.45, 2.75) is 12.9 Å². The highest BCUT2D eigenvalue weighted by Gasteiger charge is 2.33. The van der Waals surface area contributed by atoms with E-state index in [0.29, 0.717) is 0 Å². The van der Waals surface area contributed by atoms with Crippen LogP contribution in [-0.2, 0) is 12.9 Å². The van der Waals surface area contributed by atoms with Gasteiger partial charge in [-0.15, -0.1) is 0 Å². The van der Waals surface area contributed by atoms with Crippen molar-refractivity contribution in [3.8, 4) is 0 Å². The van der Waals surface area contributed by atoms with Crippen LogP contribution in [0.5, 0.6) is 0 Å². The second-order valence-electron chi connectivity index (χ2n) is 2.41. The van der Waals surface area contributed by atoms with Crippen LogP contribution in [0.4, 0.5) is 17.6 Å². The normalized spacial score (nSPS) is 11.8. The molecule has 0 aromatic heterocycles. The van der Waals surface area contributed by atoms with E-state index >= 15 is 0 Å². The average Bonchev–Trinajstić information content (AvgIpc) is 2.02. The van der Waals surface area contributed by atoms with Crippen molar-refractivity contribution >= 4 is 11.6 Å². The summed E-state index contributed by atoms with van der Waals surface area (Å²) in [5.41, 5.74) is -1.14. The number of rotatable bonds is 1. The lowest BCUT2D eigenvalue weighted by Gasteiger charge is -2.10. The third kappa shape index (κ3) is 2.12. The Morgan fingerprint density at radius 1 is 1.23 bits per heavy atom. The van der Waals surface area contributed by atoms with Gasteiger partial charge in [-0.25, -0.2) is 4.39 Å². The molecule has 0 atom stereocenters. The molecular weight excluding hydrogens is 208 g/mol. The summed E-state index contributed by atoms with van der Waals surface area (Å²) in [7, 11) is 0. The van der Waals surface area contributed by atoms with Gasteiger partial charge < -0.3 is 0 Å². The first-order chi connectivity index (χ1) is 5.96. The van der Waals surface area contributed by atoms with E-state index in [0.717, 1.165) is 12.1 Å². The topological polar surface area (TPSA) is 0 Å². The van der Waals surface area contributed by atoms with Crippen LogP contribution in [0.3, 0.4) is 0 Å². The first-order valence-corrected chi connectivity index (χ1v) is 3.75. The van der Waals surface area contributed by atoms with E-state index in [4.69, 9.17) is 11.6 Å². The molecule has 1 rings (SSSR count). The van der Waals surface area contributed by atoms with Crippen molar-refractivity contribution in [2.75, 3.05) is 0 Å². The minimum Gasteiger partial charge on any atom is -0.246 e. The van der Waals surface area contributed by atoms with E-state index in [1.54, 1.807) is 0 Å². The summed E-state index contributed by atoms with van der Waals surface area (Å²) < 4.78 is 48.6. The van der Waals surface area contributed by atoms with Crippen molar-refractivity contribution in [1.29, 1.82) is 0 Å². The summed E-state index contributed by atoms with van der Waals surface area (Å²) in [5, 5.41) is -0.558. The van der Waals surface area contributed by atoms with Crippen LogP contribution in [0, 0.1) is 0 Å². The van der Waals surface area contributed by atoms with Gasteiger partial charge >= 0.3 is 6.18 Å². The molecule has 5 heteroatoms. The molecule has 13 heavy (non-hydrogen) atoms. The number of halogens is 5. The third-order valence-electron chi connectivity index (χ3n) is 1.53. The summed E-state index contributed by atoms with van der Waals surface area (Å²) >= 11 is 5.33. The summed E-state index contributed by atoms with van der Waals surface area (Å²) in [4.78, 5) is 0. The molecule has 0 spiro atoms. The second kappa shape index (κ2) is 3.54. The molecule has 0 bridgehead atoms. The fourth-order valence-corrected chi connectivity index (χ4v) is 1.19. The van der Waals surface area contributed by atoms with Crippen LogP contribution in [0.2, 0.25) is 5.02 Å². The van der Waals surface area contributed by atoms with Gasteiger partial charge in [0.15, 0.2) is 0 Å². The fourth-order valence-electron chi connectivity index (χ4n) is 0.902. The van der Waals surface area contributed by atoms with Crippen LogP contribution in [0.15, 0.2) is 18.2 Å². The van der Waals surface area contributed by atoms with Gasteiger partial charge in [-0.3, -0.25) is 0 Å². The number of hydrogen-bond acceptors (Lipinski definition) is 0. The summed E-state index contributed by atoms with van der Waals surface area (Å²) in [6, 6.07) is 3.17. The predicted molar refractivity (Wildman–Crippen MR) is 41.3 cm³/mol. The highest BCUT2D eigenvalue weighted by Crippen LogP contribution is 2.36. The smallest absolute Gasteiger partial charge is 0.246 e. The van der Waals surface area contributed by atoms with Crippen LogP contribution >= 0.6 is 11.6 Å². The first kappa shape index (κ1) is 10.3. The highest BCUT2D eigenvalue weighted by atomic mass is 35.5. The molecule has 0 unspecified atom stereocenters. The number of alkyl halides is 4. The maximum absolute atomic E-state index is 12.2. The van der Waals surface area contributed by atoms with Gasteiger partial charge in [0.05, 0.1) is 10.6 Å². The Hall–Kier alpha value is -0.770. The van der Waals surface area contributed by atoms with E-state index < -0.39 is 23.4 Å². The van der Waals surface area contributed by atoms with Crippen molar-refractivity contribution in [2.24, 2.45) is 0 Å². The van der Waals surface area contributed by atoms with Gasteiger partial charge in [-0.1, -0.05) is 23.7 Å². The molecule has 0 radical (unpaired) electrons. The Morgan fingerprint density at radius 3 is 2.31 bits per heavy atom. The molecule has 0 aliphatic carbocycles. The van der Waals surface area contributed by atoms with Crippen LogP contribution in [-0.4, -0.2) is 0 Å². The predicted octanol–water partition coefficient (Wildman–Crippen LogP) is 3.83. The Labute approximate surface area is 77.1 Å². The minimum atomic E-state index is -4.53. The lowest BCUT2D eigenvalue weighted by atomic mass is 10.1. The van der Waals surface area contributed by atoms with Crippen molar-refractivity contribution in [1.82, 2.24) is 0 Å². The molecule has 0 N–H and O–H groups in total. The molecule has 0 amide bonds. The van der Waals surface area contributed by atoms with E-state index in [-0.39, 0.29) is 5.56 Å². The van der Waals surface area contributed by atoms with Gasteiger partial charge in [0.25, 0.3) is 0 Å². The Balaban J connectivity index is 3.24. The maximum Gasteiger partial charge on any atom is 0.417 e. The number of hydrogen-bond donors (Lipinski definition) is 0. The van der Waals surface area contributed by atoms with E-state index in [2.05, 4.69) is 0 Å². The van der Waals surface area contributed by atoms with E-state index in [1.165, 1.54) is 6.07 Å². The molecule has 1 aromatic rings. The zero-order chi connectivity index (χ0) is 10.1. The van der Waals surface area contributed by atoms with Crippen molar-refractivity contribution in [3.63, 3.8) is 0 Å². The Bertz CT molecular complexity index is 306. The highest BCUT2D eigenvalue weighted by molar-refractivity contribution is 6.32. The quantitative estimate of drug-likeness (QED) is 0.621. The van der Waals surface area contributed by atoms with Crippen LogP contribution < -0.4 is 0 Å². The summed E-state index contributed by atoms with van der Waals surface area (Å²) in [5.74, 6) is 0. The molecule has 0 fully saturated rings. The van der Waals surface area contributed by atoms with Gasteiger partial charge in [0, 0.05) is 5.56 Å². The molecule has 0 aliphatic rings. The van der Waals surface area contributed by atoms with Crippen molar-refractivity contribution in [3.05, 3.63) is 34.3 Å². The fraction of sp³-hybridized carbons (Fsp3) is 0.250. The lowest BCUT2D eigenvalue weighted by molar-refractivity contribution is -0.137. The molecule has 0 saturated heterocycles. The SMILES string of the molecule is FCc1cccc(C(F)(F)F)c1Cl. The van der Waals surface area contributed by atoms with Gasteiger partial charge in [0.1, 0.15) is 6.67 Å². The van der Waals surface area contributed by atoms with E-state index in [1.807, 2.05) is 0 Å². The second-order valence-corrected chi connectivity index (χ2v) is 2.79. The maximum atomic E-state index is 12.2. The van der Waals surface area contributed by atoms with E-state index in [9.17, 15) is 17.6 Å². The largest absolute Gasteiger partial charge is 0.417 e. The minimum absolute atomic E-state index is 0.142. The van der Waals surface area contributed by atoms with Gasteiger partial charge in [-0.2, -0.15) is 13.2 Å². The Morgan fingerprint density at radius 2 is 1.85 bits per heavy atom. The third-order valence-corrected chi connectivity index (χ3v) is 1.97. The average molecular weight is 213 g/mol. The molecular formula is C8H5ClF4. The molecule has 0 saturated carbocycles. The van der Waals surface area contributed by atoms with Crippen molar-refractivity contribution < 1.29 is 17.6 Å². The Kier molecular flexibility index (Phi) is 2.81. The standard InChI is InChI=1S/C8H5ClF4/c9-7-5(4-10)2-1-3-6(7)8(11,12)13/h1-3H,4H2. The zero-order valence-electron chi connectivity index (χ0n) is 6.33. The monoisotopic (exact) mass is 212 g/mol. The van der Waals surface area contributed by atoms with Gasteiger partial charge in [0.2, 0.25) is 0 Å². The summed E-state index contributed by atoms with van der Waals surface area (Å²) in [6.07, 6.45) is -4.53. The van der Waals surface area contributed by atoms with Crippen LogP contribution in [0.1, 0.15) is 11.1 Å². The molecule has 0 nitrogen and oxygen atoms in total. The number of benzene rings is 1. The summed E-state index contributed by atoms with van der Waals surface area (Å²) in [6.45, 7) is -0.997. The molecule has 72 valence electrons. The first-order valence-electron chi connectivity index (χ1n) is 3.37. The zero-order valence-corrected chi connectivity index (χ0v) is 7.08. The molecule has 1 aromatic carbocycles.